The predicted octanol–water partition coefficient (Wildman–Crippen LogP) is 5.62. The summed E-state index contributed by atoms with van der Waals surface area (Å²) in [7, 11) is 3.94. The Morgan fingerprint density at radius 1 is 0.703 bits per heavy atom. The summed E-state index contributed by atoms with van der Waals surface area (Å²) >= 11 is 1.01. The molecule has 1 unspecified atom stereocenters. The van der Waals surface area contributed by atoms with Gasteiger partial charge in [-0.25, -0.2) is 19.7 Å². The molecule has 20 N–H and O–H groups in total. The number of piperidine rings is 1. The maximum absolute atomic E-state index is 15.1. The highest BCUT2D eigenvalue weighted by atomic mass is 33.1. The van der Waals surface area contributed by atoms with E-state index in [1.54, 1.807) is 19.1 Å². The number of nitrogens with one attached hydrogen (secondary N) is 10. The zero-order valence-electron chi connectivity index (χ0n) is 78.0. The van der Waals surface area contributed by atoms with Gasteiger partial charge in [0.25, 0.3) is 17.4 Å². The minimum absolute atomic E-state index is 0. The molecule has 2 aromatic carbocycles. The van der Waals surface area contributed by atoms with Crippen LogP contribution < -0.4 is 59.8 Å². The number of carbonyl (C=O) groups is 18. The topological polar surface area (TPSA) is 710 Å². The number of aromatic nitrogens is 5. The smallest absolute Gasteiger partial charge is 0.326 e. The summed E-state index contributed by atoms with van der Waals surface area (Å²) in [5, 5.41) is 84.5. The van der Waals surface area contributed by atoms with Crippen LogP contribution in [0.1, 0.15) is 229 Å². The molecule has 138 heavy (non-hydrogen) atoms. The number of Topliss-reactive ketones (excluding diaryl/α,β-unsaturated/α-hetero) is 4. The highest BCUT2D eigenvalue weighted by molar-refractivity contribution is 8.76. The first-order chi connectivity index (χ1) is 65.3. The van der Waals surface area contributed by atoms with Crippen molar-refractivity contribution in [2.24, 2.45) is 47.2 Å². The highest BCUT2D eigenvalue weighted by Gasteiger charge is 2.42. The Balaban J connectivity index is 0.0000204. The molecule has 0 aliphatic carbocycles. The number of benzene rings is 2. The molecule has 0 spiro atoms. The van der Waals surface area contributed by atoms with Crippen molar-refractivity contribution in [1.29, 1.82) is 5.41 Å². The molecule has 7 amide bonds. The van der Waals surface area contributed by atoms with E-state index in [4.69, 9.17) is 26.4 Å². The average molecular weight is 1990 g/mol. The van der Waals surface area contributed by atoms with Crippen LogP contribution in [0.25, 0.3) is 11.2 Å². The number of likely N-dealkylation sites (N-methyl/N-ethyl adjacent to an activating group) is 1. The second-order valence-electron chi connectivity index (χ2n) is 34.2. The van der Waals surface area contributed by atoms with Crippen molar-refractivity contribution in [3.8, 4) is 5.75 Å². The second-order valence-corrected chi connectivity index (χ2v) is 37.7. The number of carboxylic acid groups (broad SMARTS) is 5. The number of aromatic amines is 1. The third-order valence-electron chi connectivity index (χ3n) is 22.9. The highest BCUT2D eigenvalue weighted by Crippen LogP contribution is 2.35. The Hall–Kier alpha value is -13.1. The van der Waals surface area contributed by atoms with Gasteiger partial charge in [-0.15, -0.1) is 11.3 Å². The number of carbonyl (C=O) groups excluding carboxylic acids is 13. The number of carboxylic acids is 5. The first kappa shape index (κ1) is 114. The Bertz CT molecular complexity index is 5200. The summed E-state index contributed by atoms with van der Waals surface area (Å²) in [6.07, 6.45) is -3.94. The van der Waals surface area contributed by atoms with Gasteiger partial charge < -0.3 is 88.4 Å². The summed E-state index contributed by atoms with van der Waals surface area (Å²) in [4.78, 5) is 276. The first-order valence-corrected chi connectivity index (χ1v) is 48.5. The quantitative estimate of drug-likeness (QED) is 0.00427. The largest absolute Gasteiger partial charge is 0.508 e. The molecule has 45 nitrogen and oxygen atoms in total. The molecule has 48 heteroatoms. The van der Waals surface area contributed by atoms with Crippen molar-refractivity contribution in [1.82, 2.24) is 72.2 Å². The van der Waals surface area contributed by atoms with Gasteiger partial charge in [-0.1, -0.05) is 88.1 Å². The molecule has 1 saturated heterocycles. The number of guanidine groups is 1. The molecule has 758 valence electrons. The van der Waals surface area contributed by atoms with Gasteiger partial charge in [-0.05, 0) is 125 Å². The Morgan fingerprint density at radius 3 is 1.97 bits per heavy atom. The van der Waals surface area contributed by atoms with Crippen LogP contribution in [-0.4, -0.2) is 252 Å². The first-order valence-electron chi connectivity index (χ1n) is 45.1. The third kappa shape index (κ3) is 38.8. The number of nitrogens with two attached hydrogens (primary N) is 2. The van der Waals surface area contributed by atoms with E-state index in [0.717, 1.165) is 52.3 Å². The molecule has 13 atom stereocenters. The van der Waals surface area contributed by atoms with E-state index in [1.807, 2.05) is 46.6 Å². The molecule has 4 heterocycles. The summed E-state index contributed by atoms with van der Waals surface area (Å²) in [6, 6.07) is 4.46. The number of ether oxygens (including phenoxy) is 2. The van der Waals surface area contributed by atoms with Gasteiger partial charge in [0.2, 0.25) is 35.5 Å². The molecule has 6 rings (SSSR count). The Kier molecular flexibility index (Phi) is 47.1. The van der Waals surface area contributed by atoms with Crippen LogP contribution >= 0.6 is 32.9 Å². The molecule has 0 bridgehead atoms. The number of nitrogens with zero attached hydrogens (tertiary/aromatic N) is 6. The number of fused-ring (bicyclic) bond motifs is 1. The van der Waals surface area contributed by atoms with Crippen LogP contribution in [-0.2, 0) is 99.2 Å². The Labute approximate surface area is 809 Å². The van der Waals surface area contributed by atoms with E-state index in [2.05, 4.69) is 67.7 Å². The van der Waals surface area contributed by atoms with E-state index in [-0.39, 0.29) is 148 Å². The lowest BCUT2D eigenvalue weighted by molar-refractivity contribution is -0.162. The number of phenols is 1. The van der Waals surface area contributed by atoms with Crippen molar-refractivity contribution in [3.63, 3.8) is 0 Å². The monoisotopic (exact) mass is 1990 g/mol. The fourth-order valence-corrected chi connectivity index (χ4v) is 18.4. The van der Waals surface area contributed by atoms with E-state index < -0.39 is 236 Å². The predicted molar refractivity (Wildman–Crippen MR) is 508 cm³/mol. The number of anilines is 2. The summed E-state index contributed by atoms with van der Waals surface area (Å²) < 4.78 is 11.6. The van der Waals surface area contributed by atoms with E-state index in [1.165, 1.54) is 59.8 Å². The van der Waals surface area contributed by atoms with Gasteiger partial charge in [0.15, 0.2) is 47.3 Å². The van der Waals surface area contributed by atoms with Gasteiger partial charge in [0.05, 0.1) is 73.6 Å². The number of ketones is 4. The van der Waals surface area contributed by atoms with Crippen LogP contribution in [0, 0.1) is 46.8 Å². The zero-order chi connectivity index (χ0) is 102. The lowest BCUT2D eigenvalue weighted by atomic mass is 9.82. The molecule has 3 aromatic heterocycles. The number of aliphatic carboxylic acids is 5. The third-order valence-corrected chi connectivity index (χ3v) is 26.4. The number of hydrazine groups is 1. The van der Waals surface area contributed by atoms with E-state index in [0.29, 0.717) is 36.2 Å². The minimum Gasteiger partial charge on any atom is -0.508 e. The van der Waals surface area contributed by atoms with Crippen LogP contribution in [0.3, 0.4) is 0 Å². The van der Waals surface area contributed by atoms with Crippen molar-refractivity contribution < 1.29 is 129 Å². The minimum atomic E-state index is -2.01. The van der Waals surface area contributed by atoms with Crippen molar-refractivity contribution in [2.75, 3.05) is 49.4 Å². The van der Waals surface area contributed by atoms with Crippen molar-refractivity contribution >= 4 is 168 Å². The molecular formula is C90H128N18O27S3. The molecule has 5 aromatic rings. The number of rotatable bonds is 62. The molecule has 1 aliphatic rings. The maximum Gasteiger partial charge on any atom is 0.326 e. The lowest BCUT2D eigenvalue weighted by Gasteiger charge is -2.39. The summed E-state index contributed by atoms with van der Waals surface area (Å²) in [5.74, 6) is -26.6. The van der Waals surface area contributed by atoms with Gasteiger partial charge in [-0.2, -0.15) is 4.98 Å². The number of thiazole rings is 1. The standard InChI is InChI=1S/C90H124N18O27S3.2H2/c1-9-15-76(122)134-46-108(86(129)61(48(5)10-2)39-70(114)66-17-11-12-30-107(66)8)67(47(3)4)41-71(135-50(7)109)85-102-65(45-136-85)83(127)98-57(33-51-19-25-59(110)26-20-51)32-49(6)79(123)106-105-72(115)18-14-31-137-138-44-55(87(130)131)36-69(113)64(40-75(120)121)101-82(126)54(38-74(118)119)35-68(112)62(16-13-29-94-89(91)92)99-81(125)53(37-73(116)117)34-60(111)27-28-63(88(132)133)100-80(124)52-21-23-56(24-22-52)95-42-58-43-96-78-77(97-58)84(128)104-90(93)103-78;;/h19-26,43,45,47-49,53-55,57,61-64,66-67,71,95,110H,9-18,27-42,44,46H2,1-8H3,(H,98,127)(H,99,125)(H,100,124)(H,101,126)(H,105,115)(H,106,123)(H,116,117)(H,118,119)(H,120,121)(H,130,131)(H,132,133)(H4,91,92,94)(H3,93,96,103,104,128);2*1H/t48?,49-,53-,54-,55+,57+,61-,62-,63-,64+,66+,67+,71+;;/m0../s1/i;2*1+1. The number of hydrogen-bond donors (Lipinski definition) is 18. The zero-order valence-corrected chi connectivity index (χ0v) is 80.4. The van der Waals surface area contributed by atoms with Gasteiger partial charge in [0, 0.05) is 120 Å². The number of esters is 2. The number of hydrogen-bond acceptors (Lipinski definition) is 33. The number of aromatic hydroxyl groups is 1. The van der Waals surface area contributed by atoms with Gasteiger partial charge in [-0.3, -0.25) is 112 Å². The SMILES string of the molecule is CCCC(=O)OCN(C(=O)[C@@H](CC(=O)[C@H]1CCCCN1C)C(C)CC)[C@H](C[C@@H](OC(C)=O)c1nc(C(=O)N[C@@H](Cc2ccc(O)cc2)C[C@H](C)C(=O)NNC(=O)CCCSSC[C@@H](CC(=O)[C@@H](CC(=O)O)NC(=O)[C@H](CC(=O)O)CC(=O)[C@H](CCCNC(=N)N)NC(=O)[C@H](CC(=O)O)CC(=O)CC[C@H](NC(=O)c2ccc(NCc3cnc4nc(N)[nH]c(=O)c4n3)cc2)C(=O)O)C(=O)O)cs1)C(C)C.[2HH].[2HH]. The molecule has 1 aliphatic heterocycles. The summed E-state index contributed by atoms with van der Waals surface area (Å²) in [6.45, 7) is 12.3. The van der Waals surface area contributed by atoms with Gasteiger partial charge >= 0.3 is 41.8 Å². The van der Waals surface area contributed by atoms with Gasteiger partial charge in [0.1, 0.15) is 28.3 Å². The molecule has 0 saturated carbocycles. The van der Waals surface area contributed by atoms with E-state index in [9.17, 15) is 117 Å². The number of amides is 7. The Morgan fingerprint density at radius 2 is 1.36 bits per heavy atom. The van der Waals surface area contributed by atoms with E-state index >= 15 is 4.79 Å². The van der Waals surface area contributed by atoms with Crippen LogP contribution in [0.5, 0.6) is 5.75 Å². The number of nitrogen functional groups attached to an aromatic ring is 1. The molecular weight excluding hydrogens is 1860 g/mol. The second kappa shape index (κ2) is 57.2. The average Bonchev–Trinajstić information content (AvgIpc) is 1.18. The molecule has 0 radical (unpaired) electrons. The number of H-pyrrole nitrogens is 1. The van der Waals surface area contributed by atoms with Crippen LogP contribution in [0.15, 0.2) is 64.9 Å². The fourth-order valence-electron chi connectivity index (χ4n) is 15.2. The number of phenolic OH excluding ortho intramolecular Hbond substituents is 1. The number of likely N-dealkylation sites (tertiary alicyclic amines) is 1. The normalized spacial score (nSPS) is 15.2. The van der Waals surface area contributed by atoms with Crippen LogP contribution in [0.4, 0.5) is 11.6 Å². The van der Waals surface area contributed by atoms with Crippen LogP contribution in [0.2, 0.25) is 0 Å². The summed E-state index contributed by atoms with van der Waals surface area (Å²) in [5.41, 5.74) is 16.4. The molecule has 1 fully saturated rings. The van der Waals surface area contributed by atoms with Crippen molar-refractivity contribution in [2.45, 2.75) is 239 Å². The lowest BCUT2D eigenvalue weighted by Crippen LogP contribution is -2.50. The van der Waals surface area contributed by atoms with Crippen molar-refractivity contribution in [3.05, 3.63) is 98.0 Å². The maximum atomic E-state index is 15.1. The fraction of sp³-hybridized carbons (Fsp3) is 0.556.